The fourth-order valence-electron chi connectivity index (χ4n) is 1.51. The van der Waals surface area contributed by atoms with Gasteiger partial charge in [0.1, 0.15) is 4.60 Å². The summed E-state index contributed by atoms with van der Waals surface area (Å²) in [6, 6.07) is 7.10. The second-order valence-corrected chi connectivity index (χ2v) is 4.93. The molecule has 6 nitrogen and oxygen atoms in total. The lowest BCUT2D eigenvalue weighted by atomic mass is 10.3. The number of benzene rings is 1. The molecule has 0 saturated carbocycles. The molecule has 2 aromatic rings. The molecule has 94 valence electrons. The average Bonchev–Trinajstić information content (AvgIpc) is 2.71. The number of hydrogen-bond donors (Lipinski definition) is 0. The highest BCUT2D eigenvalue weighted by Crippen LogP contribution is 2.28. The van der Waals surface area contributed by atoms with Crippen LogP contribution in [0.3, 0.4) is 0 Å². The van der Waals surface area contributed by atoms with Crippen molar-refractivity contribution in [2.24, 2.45) is 5.11 Å². The van der Waals surface area contributed by atoms with Gasteiger partial charge >= 0.3 is 0 Å². The van der Waals surface area contributed by atoms with Crippen LogP contribution in [-0.4, -0.2) is 9.55 Å². The van der Waals surface area contributed by atoms with E-state index in [4.69, 9.17) is 12.1 Å². The maximum Gasteiger partial charge on any atom is 0.187 e. The molecule has 0 spiro atoms. The van der Waals surface area contributed by atoms with Gasteiger partial charge in [0.2, 0.25) is 0 Å². The van der Waals surface area contributed by atoms with Crippen LogP contribution in [0.15, 0.2) is 38.7 Å². The minimum Gasteiger partial charge on any atom is -0.281 e. The summed E-state index contributed by atoms with van der Waals surface area (Å²) in [7, 11) is 0. The molecule has 0 radical (unpaired) electrons. The zero-order chi connectivity index (χ0) is 13.8. The first-order valence-electron chi connectivity index (χ1n) is 5.08. The normalized spacial score (nSPS) is 9.74. The van der Waals surface area contributed by atoms with E-state index >= 15 is 0 Å². The van der Waals surface area contributed by atoms with Crippen LogP contribution in [0.25, 0.3) is 21.0 Å². The predicted molar refractivity (Wildman–Crippen MR) is 78.1 cm³/mol. The van der Waals surface area contributed by atoms with Crippen molar-refractivity contribution in [3.05, 3.63) is 61.2 Å². The Labute approximate surface area is 125 Å². The van der Waals surface area contributed by atoms with Crippen molar-refractivity contribution >= 4 is 37.5 Å². The van der Waals surface area contributed by atoms with Gasteiger partial charge in [-0.25, -0.2) is 9.83 Å². The molecule has 19 heavy (non-hydrogen) atoms. The number of aromatic nitrogens is 2. The van der Waals surface area contributed by atoms with Crippen molar-refractivity contribution in [3.63, 3.8) is 0 Å². The van der Waals surface area contributed by atoms with E-state index in [1.54, 1.807) is 12.1 Å². The third-order valence-electron chi connectivity index (χ3n) is 2.37. The van der Waals surface area contributed by atoms with Gasteiger partial charge < -0.3 is 0 Å². The summed E-state index contributed by atoms with van der Waals surface area (Å²) >= 11 is 6.79. The summed E-state index contributed by atoms with van der Waals surface area (Å²) < 4.78 is 3.12. The number of azide groups is 1. The molecule has 0 bridgehead atoms. The molecule has 0 fully saturated rings. The molecule has 0 N–H and O–H groups in total. The maximum absolute atomic E-state index is 8.34. The van der Waals surface area contributed by atoms with Crippen LogP contribution in [0.2, 0.25) is 0 Å². The Morgan fingerprint density at radius 2 is 2.00 bits per heavy atom. The van der Waals surface area contributed by atoms with E-state index in [0.29, 0.717) is 20.7 Å². The van der Waals surface area contributed by atoms with E-state index in [1.807, 2.05) is 16.7 Å². The first-order chi connectivity index (χ1) is 9.17. The summed E-state index contributed by atoms with van der Waals surface area (Å²) in [6.07, 6.45) is 0. The SMILES string of the molecule is [C-]#[N+]c1ccc(-n2c(Br)nc(CN=[N+]=[N-])c2Br)cc1. The van der Waals surface area contributed by atoms with Crippen molar-refractivity contribution in [1.82, 2.24) is 9.55 Å². The van der Waals surface area contributed by atoms with E-state index in [-0.39, 0.29) is 6.54 Å². The fraction of sp³-hybridized carbons (Fsp3) is 0.0909. The monoisotopic (exact) mass is 380 g/mol. The summed E-state index contributed by atoms with van der Waals surface area (Å²) in [6.45, 7) is 7.09. The molecule has 0 saturated heterocycles. The van der Waals surface area contributed by atoms with Crippen LogP contribution in [0.1, 0.15) is 5.69 Å². The topological polar surface area (TPSA) is 70.9 Å². The van der Waals surface area contributed by atoms with Crippen molar-refractivity contribution < 1.29 is 0 Å². The van der Waals surface area contributed by atoms with Gasteiger partial charge in [0, 0.05) is 10.6 Å². The Kier molecular flexibility index (Phi) is 4.22. The van der Waals surface area contributed by atoms with Crippen LogP contribution < -0.4 is 0 Å². The van der Waals surface area contributed by atoms with E-state index in [2.05, 4.69) is 51.7 Å². The number of nitrogens with zero attached hydrogens (tertiary/aromatic N) is 6. The van der Waals surface area contributed by atoms with Crippen molar-refractivity contribution in [2.45, 2.75) is 6.54 Å². The zero-order valence-electron chi connectivity index (χ0n) is 9.46. The predicted octanol–water partition coefficient (Wildman–Crippen LogP) is 4.76. The van der Waals surface area contributed by atoms with Crippen molar-refractivity contribution in [2.75, 3.05) is 0 Å². The molecule has 0 aliphatic heterocycles. The molecule has 0 aliphatic rings. The standard InChI is InChI=1S/C11H6Br2N6/c1-15-7-2-4-8(5-3-7)19-10(12)9(6-16-18-14)17-11(19)13/h2-5H,6H2. The van der Waals surface area contributed by atoms with Gasteiger partial charge in [-0.3, -0.25) is 4.57 Å². The number of hydrogen-bond acceptors (Lipinski definition) is 2. The second kappa shape index (κ2) is 5.89. The lowest BCUT2D eigenvalue weighted by molar-refractivity contribution is 0.977. The lowest BCUT2D eigenvalue weighted by Gasteiger charge is -2.06. The van der Waals surface area contributed by atoms with Crippen molar-refractivity contribution in [1.29, 1.82) is 0 Å². The molecule has 1 aromatic carbocycles. The molecule has 2 rings (SSSR count). The molecule has 8 heteroatoms. The average molecular weight is 382 g/mol. The van der Waals surface area contributed by atoms with Gasteiger partial charge in [0.15, 0.2) is 10.4 Å². The molecule has 0 aliphatic carbocycles. The lowest BCUT2D eigenvalue weighted by Crippen LogP contribution is -1.94. The highest BCUT2D eigenvalue weighted by molar-refractivity contribution is 9.11. The molecule has 1 heterocycles. The Hall–Kier alpha value is -1.81. The first-order valence-corrected chi connectivity index (χ1v) is 6.67. The van der Waals surface area contributed by atoms with E-state index in [9.17, 15) is 0 Å². The van der Waals surface area contributed by atoms with Crippen LogP contribution in [-0.2, 0) is 6.54 Å². The largest absolute Gasteiger partial charge is 0.281 e. The Morgan fingerprint density at radius 1 is 1.32 bits per heavy atom. The number of imidazole rings is 1. The molecule has 0 amide bonds. The summed E-state index contributed by atoms with van der Waals surface area (Å²) in [5.41, 5.74) is 10.4. The van der Waals surface area contributed by atoms with Gasteiger partial charge in [-0.1, -0.05) is 17.2 Å². The van der Waals surface area contributed by atoms with Crippen LogP contribution >= 0.6 is 31.9 Å². The van der Waals surface area contributed by atoms with Gasteiger partial charge in [-0.05, 0) is 49.5 Å². The highest BCUT2D eigenvalue weighted by atomic mass is 79.9. The van der Waals surface area contributed by atoms with Gasteiger partial charge in [-0.15, -0.1) is 0 Å². The minimum absolute atomic E-state index is 0.169. The Morgan fingerprint density at radius 3 is 2.58 bits per heavy atom. The molecule has 0 unspecified atom stereocenters. The number of halogens is 2. The van der Waals surface area contributed by atoms with Crippen LogP contribution in [0.4, 0.5) is 5.69 Å². The first kappa shape index (κ1) is 13.6. The van der Waals surface area contributed by atoms with Crippen LogP contribution in [0.5, 0.6) is 0 Å². The molecular formula is C11H6Br2N6. The highest BCUT2D eigenvalue weighted by Gasteiger charge is 2.14. The third-order valence-corrected chi connectivity index (χ3v) is 3.71. The Bertz CT molecular complexity index is 691. The quantitative estimate of drug-likeness (QED) is 0.327. The minimum atomic E-state index is 0.169. The second-order valence-electron chi connectivity index (χ2n) is 3.47. The zero-order valence-corrected chi connectivity index (χ0v) is 12.6. The van der Waals surface area contributed by atoms with Gasteiger partial charge in [0.25, 0.3) is 0 Å². The summed E-state index contributed by atoms with van der Waals surface area (Å²) in [5, 5.41) is 3.49. The Balaban J connectivity index is 2.46. The van der Waals surface area contributed by atoms with E-state index in [1.165, 1.54) is 0 Å². The molecular weight excluding hydrogens is 376 g/mol. The van der Waals surface area contributed by atoms with Gasteiger partial charge in [0.05, 0.1) is 18.8 Å². The smallest absolute Gasteiger partial charge is 0.187 e. The van der Waals surface area contributed by atoms with Crippen LogP contribution in [0, 0.1) is 6.57 Å². The third kappa shape index (κ3) is 2.79. The van der Waals surface area contributed by atoms with E-state index < -0.39 is 0 Å². The van der Waals surface area contributed by atoms with Gasteiger partial charge in [-0.2, -0.15) is 0 Å². The summed E-state index contributed by atoms with van der Waals surface area (Å²) in [4.78, 5) is 10.3. The molecule has 0 atom stereocenters. The van der Waals surface area contributed by atoms with Crippen molar-refractivity contribution in [3.8, 4) is 5.69 Å². The van der Waals surface area contributed by atoms with E-state index in [0.717, 1.165) is 5.69 Å². The number of rotatable bonds is 3. The molecule has 1 aromatic heterocycles. The summed E-state index contributed by atoms with van der Waals surface area (Å²) in [5.74, 6) is 0. The maximum atomic E-state index is 8.34. The fourth-order valence-corrected chi connectivity index (χ4v) is 2.93.